The second-order valence-electron chi connectivity index (χ2n) is 5.87. The van der Waals surface area contributed by atoms with Crippen molar-refractivity contribution in [2.75, 3.05) is 14.2 Å². The lowest BCUT2D eigenvalue weighted by molar-refractivity contribution is -0.116. The SMILES string of the molecule is CNC(=O)/C(C#N)=C/c1cc(C)n(-c2sc(C)c(C)c2C(=O)OC)c1C. The molecule has 2 rings (SSSR count). The number of hydrogen-bond donors (Lipinski definition) is 1. The molecule has 2 aromatic heterocycles. The Morgan fingerprint density at radius 1 is 1.31 bits per heavy atom. The van der Waals surface area contributed by atoms with E-state index in [0.717, 1.165) is 32.4 Å². The van der Waals surface area contributed by atoms with E-state index in [0.29, 0.717) is 5.56 Å². The van der Waals surface area contributed by atoms with Crippen LogP contribution in [-0.4, -0.2) is 30.6 Å². The summed E-state index contributed by atoms with van der Waals surface area (Å²) in [5.41, 5.74) is 3.95. The first-order valence-corrected chi connectivity index (χ1v) is 8.79. The number of methoxy groups -OCH3 is 1. The van der Waals surface area contributed by atoms with E-state index in [9.17, 15) is 14.9 Å². The molecule has 2 aromatic rings. The molecule has 136 valence electrons. The average molecular weight is 371 g/mol. The number of aryl methyl sites for hydroxylation is 2. The number of carbonyl (C=O) groups excluding carboxylic acids is 2. The Kier molecular flexibility index (Phi) is 5.68. The zero-order chi connectivity index (χ0) is 19.6. The maximum atomic E-state index is 12.3. The number of rotatable bonds is 4. The van der Waals surface area contributed by atoms with Crippen LogP contribution in [0.2, 0.25) is 0 Å². The predicted molar refractivity (Wildman–Crippen MR) is 102 cm³/mol. The molecule has 0 atom stereocenters. The summed E-state index contributed by atoms with van der Waals surface area (Å²) in [5.74, 6) is -0.815. The van der Waals surface area contributed by atoms with Crippen molar-refractivity contribution in [3.05, 3.63) is 44.6 Å². The lowest BCUT2D eigenvalue weighted by Gasteiger charge is -2.10. The van der Waals surface area contributed by atoms with Gasteiger partial charge in [-0.15, -0.1) is 11.3 Å². The number of esters is 1. The van der Waals surface area contributed by atoms with E-state index < -0.39 is 5.91 Å². The molecule has 0 unspecified atom stereocenters. The molecule has 0 saturated heterocycles. The van der Waals surface area contributed by atoms with E-state index in [1.807, 2.05) is 44.4 Å². The molecule has 2 heterocycles. The molecule has 0 radical (unpaired) electrons. The minimum atomic E-state index is -0.435. The van der Waals surface area contributed by atoms with Gasteiger partial charge in [-0.05, 0) is 51.0 Å². The van der Waals surface area contributed by atoms with Gasteiger partial charge in [-0.1, -0.05) is 0 Å². The first-order chi connectivity index (χ1) is 12.3. The number of ether oxygens (including phenoxy) is 1. The number of thiophene rings is 1. The minimum Gasteiger partial charge on any atom is -0.465 e. The third kappa shape index (κ3) is 3.28. The zero-order valence-electron chi connectivity index (χ0n) is 15.7. The van der Waals surface area contributed by atoms with Gasteiger partial charge < -0.3 is 14.6 Å². The van der Waals surface area contributed by atoms with Crippen molar-refractivity contribution in [2.24, 2.45) is 0 Å². The fraction of sp³-hybridized carbons (Fsp3) is 0.316. The molecule has 0 spiro atoms. The Bertz CT molecular complexity index is 958. The highest BCUT2D eigenvalue weighted by Gasteiger charge is 2.24. The smallest absolute Gasteiger partial charge is 0.341 e. The van der Waals surface area contributed by atoms with Crippen LogP contribution in [0.15, 0.2) is 11.6 Å². The molecule has 1 N–H and O–H groups in total. The largest absolute Gasteiger partial charge is 0.465 e. The number of likely N-dealkylation sites (N-methyl/N-ethyl adjacent to an activating group) is 1. The second-order valence-corrected chi connectivity index (χ2v) is 7.07. The van der Waals surface area contributed by atoms with Gasteiger partial charge in [0.15, 0.2) is 0 Å². The van der Waals surface area contributed by atoms with E-state index in [1.165, 1.54) is 25.5 Å². The number of aromatic nitrogens is 1. The summed E-state index contributed by atoms with van der Waals surface area (Å²) in [7, 11) is 2.85. The lowest BCUT2D eigenvalue weighted by Crippen LogP contribution is -2.19. The maximum Gasteiger partial charge on any atom is 0.341 e. The fourth-order valence-corrected chi connectivity index (χ4v) is 4.05. The standard InChI is InChI=1S/C19H21N3O3S/c1-10-7-14(8-15(9-20)17(23)21-5)12(3)22(10)18-16(19(24)25-6)11(2)13(4)26-18/h7-8H,1-6H3,(H,21,23)/b15-8+. The maximum absolute atomic E-state index is 12.3. The molecule has 0 aliphatic rings. The molecule has 0 aromatic carbocycles. The summed E-state index contributed by atoms with van der Waals surface area (Å²) in [6.07, 6.45) is 1.56. The molecule has 26 heavy (non-hydrogen) atoms. The van der Waals surface area contributed by atoms with Gasteiger partial charge in [-0.25, -0.2) is 4.79 Å². The number of nitrogens with zero attached hydrogens (tertiary/aromatic N) is 2. The van der Waals surface area contributed by atoms with E-state index in [4.69, 9.17) is 4.74 Å². The predicted octanol–water partition coefficient (Wildman–Crippen LogP) is 3.21. The summed E-state index contributed by atoms with van der Waals surface area (Å²) < 4.78 is 6.91. The summed E-state index contributed by atoms with van der Waals surface area (Å²) in [6.45, 7) is 7.67. The van der Waals surface area contributed by atoms with Crippen molar-refractivity contribution in [2.45, 2.75) is 27.7 Å². The lowest BCUT2D eigenvalue weighted by atomic mass is 10.1. The van der Waals surface area contributed by atoms with Crippen LogP contribution in [0.1, 0.15) is 37.7 Å². The molecule has 0 aliphatic carbocycles. The molecular formula is C19H21N3O3S. The van der Waals surface area contributed by atoms with Crippen LogP contribution in [0.4, 0.5) is 0 Å². The number of nitriles is 1. The summed E-state index contributed by atoms with van der Waals surface area (Å²) in [4.78, 5) is 25.1. The first kappa shape index (κ1) is 19.5. The van der Waals surface area contributed by atoms with Crippen molar-refractivity contribution in [1.29, 1.82) is 5.26 Å². The summed E-state index contributed by atoms with van der Waals surface area (Å²) in [6, 6.07) is 3.81. The van der Waals surface area contributed by atoms with E-state index in [-0.39, 0.29) is 11.5 Å². The van der Waals surface area contributed by atoms with Gasteiger partial charge in [-0.2, -0.15) is 5.26 Å². The normalized spacial score (nSPS) is 11.2. The second kappa shape index (κ2) is 7.58. The minimum absolute atomic E-state index is 0.0273. The van der Waals surface area contributed by atoms with Crippen LogP contribution < -0.4 is 5.32 Å². The number of nitrogens with one attached hydrogen (secondary N) is 1. The molecular weight excluding hydrogens is 350 g/mol. The number of hydrogen-bond acceptors (Lipinski definition) is 5. The van der Waals surface area contributed by atoms with Crippen molar-refractivity contribution < 1.29 is 14.3 Å². The molecule has 1 amide bonds. The quantitative estimate of drug-likeness (QED) is 0.508. The van der Waals surface area contributed by atoms with Crippen LogP contribution in [0.5, 0.6) is 0 Å². The van der Waals surface area contributed by atoms with Gasteiger partial charge in [-0.3, -0.25) is 4.79 Å². The Labute approximate surface area is 156 Å². The van der Waals surface area contributed by atoms with Gasteiger partial charge >= 0.3 is 5.97 Å². The average Bonchev–Trinajstić information content (AvgIpc) is 3.06. The van der Waals surface area contributed by atoms with E-state index >= 15 is 0 Å². The monoisotopic (exact) mass is 371 g/mol. The van der Waals surface area contributed by atoms with Gasteiger partial charge in [0.1, 0.15) is 16.6 Å². The van der Waals surface area contributed by atoms with Crippen molar-refractivity contribution in [1.82, 2.24) is 9.88 Å². The Morgan fingerprint density at radius 3 is 2.50 bits per heavy atom. The fourth-order valence-electron chi connectivity index (χ4n) is 2.79. The molecule has 0 bridgehead atoms. The highest BCUT2D eigenvalue weighted by atomic mass is 32.1. The zero-order valence-corrected chi connectivity index (χ0v) is 16.5. The highest BCUT2D eigenvalue weighted by molar-refractivity contribution is 7.15. The van der Waals surface area contributed by atoms with Crippen LogP contribution in [-0.2, 0) is 9.53 Å². The summed E-state index contributed by atoms with van der Waals surface area (Å²) in [5, 5.41) is 12.4. The Balaban J connectivity index is 2.69. The number of amides is 1. The van der Waals surface area contributed by atoms with Gasteiger partial charge in [0.25, 0.3) is 5.91 Å². The third-order valence-electron chi connectivity index (χ3n) is 4.32. The van der Waals surface area contributed by atoms with Gasteiger partial charge in [0.2, 0.25) is 0 Å². The molecule has 0 aliphatic heterocycles. The van der Waals surface area contributed by atoms with E-state index in [2.05, 4.69) is 5.32 Å². The van der Waals surface area contributed by atoms with Gasteiger partial charge in [0, 0.05) is 23.3 Å². The van der Waals surface area contributed by atoms with Crippen LogP contribution in [0, 0.1) is 39.0 Å². The topological polar surface area (TPSA) is 84.1 Å². The van der Waals surface area contributed by atoms with Crippen molar-refractivity contribution >= 4 is 29.3 Å². The van der Waals surface area contributed by atoms with Crippen LogP contribution in [0.25, 0.3) is 11.1 Å². The van der Waals surface area contributed by atoms with Gasteiger partial charge in [0.05, 0.1) is 12.7 Å². The number of carbonyl (C=O) groups is 2. The Morgan fingerprint density at radius 2 is 1.96 bits per heavy atom. The van der Waals surface area contributed by atoms with Crippen molar-refractivity contribution in [3.8, 4) is 11.1 Å². The summed E-state index contributed by atoms with van der Waals surface area (Å²) >= 11 is 1.51. The molecule has 0 fully saturated rings. The molecule has 6 nitrogen and oxygen atoms in total. The molecule has 0 saturated carbocycles. The molecule has 7 heteroatoms. The van der Waals surface area contributed by atoms with E-state index in [1.54, 1.807) is 6.08 Å². The van der Waals surface area contributed by atoms with Crippen LogP contribution in [0.3, 0.4) is 0 Å². The highest BCUT2D eigenvalue weighted by Crippen LogP contribution is 2.34. The Hall–Kier alpha value is -2.85. The van der Waals surface area contributed by atoms with Crippen LogP contribution >= 0.6 is 11.3 Å². The third-order valence-corrected chi connectivity index (χ3v) is 5.51. The first-order valence-electron chi connectivity index (χ1n) is 7.98. The van der Waals surface area contributed by atoms with Crippen molar-refractivity contribution in [3.63, 3.8) is 0 Å².